The van der Waals surface area contributed by atoms with Crippen LogP contribution in [0.4, 0.5) is 0 Å². The Kier molecular flexibility index (Phi) is 6.96. The first-order valence-electron chi connectivity index (χ1n) is 8.39. The lowest BCUT2D eigenvalue weighted by molar-refractivity contribution is -0.0693. The molecule has 120 valence electrons. The molecule has 0 amide bonds. The maximum atomic E-state index is 5.65. The molecule has 1 rings (SSSR count). The van der Waals surface area contributed by atoms with Crippen molar-refractivity contribution in [3.8, 4) is 0 Å². The third-order valence-corrected chi connectivity index (χ3v) is 4.90. The minimum atomic E-state index is 0.173. The van der Waals surface area contributed by atoms with E-state index in [2.05, 4.69) is 51.8 Å². The average molecular weight is 284 g/mol. The fourth-order valence-electron chi connectivity index (χ4n) is 2.99. The van der Waals surface area contributed by atoms with Crippen molar-refractivity contribution in [1.29, 1.82) is 0 Å². The molecule has 20 heavy (non-hydrogen) atoms. The molecule has 1 aliphatic heterocycles. The predicted molar refractivity (Wildman–Crippen MR) is 87.2 cm³/mol. The van der Waals surface area contributed by atoms with Crippen LogP contribution in [0.5, 0.6) is 0 Å². The summed E-state index contributed by atoms with van der Waals surface area (Å²) in [5, 5.41) is 3.69. The Morgan fingerprint density at radius 1 is 1.25 bits per heavy atom. The molecule has 3 heteroatoms. The quantitative estimate of drug-likeness (QED) is 0.741. The van der Waals surface area contributed by atoms with Gasteiger partial charge in [-0.25, -0.2) is 0 Å². The highest BCUT2D eigenvalue weighted by Gasteiger charge is 2.36. The Morgan fingerprint density at radius 2 is 1.90 bits per heavy atom. The van der Waals surface area contributed by atoms with Crippen LogP contribution in [0, 0.1) is 11.3 Å². The van der Waals surface area contributed by atoms with Gasteiger partial charge in [-0.15, -0.1) is 0 Å². The molecule has 3 nitrogen and oxygen atoms in total. The van der Waals surface area contributed by atoms with Gasteiger partial charge in [0.25, 0.3) is 0 Å². The molecule has 1 N–H and O–H groups in total. The van der Waals surface area contributed by atoms with Crippen LogP contribution in [-0.4, -0.2) is 49.8 Å². The number of ether oxygens (including phenoxy) is 1. The van der Waals surface area contributed by atoms with Gasteiger partial charge in [0, 0.05) is 25.2 Å². The van der Waals surface area contributed by atoms with Crippen LogP contribution in [0.25, 0.3) is 0 Å². The van der Waals surface area contributed by atoms with Gasteiger partial charge in [0.15, 0.2) is 0 Å². The zero-order chi connectivity index (χ0) is 15.2. The summed E-state index contributed by atoms with van der Waals surface area (Å²) in [4.78, 5) is 2.64. The SMILES string of the molecule is CCC(CC)(CNCC(C)C)CN1CCOCC1(C)C. The standard InChI is InChI=1S/C17H36N2O/c1-7-17(8-2,12-18-11-15(3)4)13-19-9-10-20-14-16(19,5)6/h15,18H,7-14H2,1-6H3. The summed E-state index contributed by atoms with van der Waals surface area (Å²) in [7, 11) is 0. The van der Waals surface area contributed by atoms with E-state index in [0.29, 0.717) is 5.41 Å². The zero-order valence-electron chi connectivity index (χ0n) is 14.6. The molecule has 0 atom stereocenters. The fraction of sp³-hybridized carbons (Fsp3) is 1.00. The first kappa shape index (κ1) is 17.9. The van der Waals surface area contributed by atoms with Gasteiger partial charge in [0.2, 0.25) is 0 Å². The highest BCUT2D eigenvalue weighted by molar-refractivity contribution is 4.91. The van der Waals surface area contributed by atoms with Crippen LogP contribution >= 0.6 is 0 Å². The van der Waals surface area contributed by atoms with E-state index >= 15 is 0 Å². The molecule has 1 heterocycles. The molecule has 0 bridgehead atoms. The van der Waals surface area contributed by atoms with Gasteiger partial charge < -0.3 is 10.1 Å². The van der Waals surface area contributed by atoms with Crippen LogP contribution in [0.3, 0.4) is 0 Å². The van der Waals surface area contributed by atoms with Gasteiger partial charge in [-0.3, -0.25) is 4.90 Å². The van der Waals surface area contributed by atoms with Gasteiger partial charge in [-0.1, -0.05) is 27.7 Å². The second kappa shape index (κ2) is 7.77. The minimum Gasteiger partial charge on any atom is -0.378 e. The van der Waals surface area contributed by atoms with Crippen molar-refractivity contribution in [2.24, 2.45) is 11.3 Å². The second-order valence-corrected chi connectivity index (χ2v) is 7.52. The van der Waals surface area contributed by atoms with Gasteiger partial charge in [0.1, 0.15) is 0 Å². The van der Waals surface area contributed by atoms with Crippen molar-refractivity contribution in [3.05, 3.63) is 0 Å². The zero-order valence-corrected chi connectivity index (χ0v) is 14.6. The van der Waals surface area contributed by atoms with Gasteiger partial charge >= 0.3 is 0 Å². The molecule has 0 radical (unpaired) electrons. The van der Waals surface area contributed by atoms with E-state index in [1.54, 1.807) is 0 Å². The summed E-state index contributed by atoms with van der Waals surface area (Å²) in [5.74, 6) is 0.723. The number of hydrogen-bond donors (Lipinski definition) is 1. The molecular formula is C17H36N2O. The van der Waals surface area contributed by atoms with Crippen molar-refractivity contribution in [3.63, 3.8) is 0 Å². The molecular weight excluding hydrogens is 248 g/mol. The lowest BCUT2D eigenvalue weighted by atomic mass is 9.80. The van der Waals surface area contributed by atoms with Crippen molar-refractivity contribution in [1.82, 2.24) is 10.2 Å². The Bertz CT molecular complexity index is 272. The number of nitrogens with zero attached hydrogens (tertiary/aromatic N) is 1. The maximum absolute atomic E-state index is 5.65. The molecule has 0 aromatic rings. The van der Waals surface area contributed by atoms with Gasteiger partial charge in [-0.05, 0) is 44.6 Å². The highest BCUT2D eigenvalue weighted by Crippen LogP contribution is 2.31. The third kappa shape index (κ3) is 5.01. The summed E-state index contributed by atoms with van der Waals surface area (Å²) in [5.41, 5.74) is 0.565. The molecule has 0 aliphatic carbocycles. The third-order valence-electron chi connectivity index (χ3n) is 4.90. The molecule has 1 aliphatic rings. The Labute approximate surface area is 126 Å². The van der Waals surface area contributed by atoms with E-state index in [-0.39, 0.29) is 5.54 Å². The summed E-state index contributed by atoms with van der Waals surface area (Å²) >= 11 is 0. The average Bonchev–Trinajstić information content (AvgIpc) is 2.39. The molecule has 0 aromatic heterocycles. The molecule has 1 saturated heterocycles. The highest BCUT2D eigenvalue weighted by atomic mass is 16.5. The van der Waals surface area contributed by atoms with Crippen LogP contribution in [-0.2, 0) is 4.74 Å². The molecule has 1 fully saturated rings. The number of hydrogen-bond acceptors (Lipinski definition) is 3. The van der Waals surface area contributed by atoms with Gasteiger partial charge in [-0.2, -0.15) is 0 Å². The van der Waals surface area contributed by atoms with Crippen molar-refractivity contribution in [2.75, 3.05) is 39.4 Å². The lowest BCUT2D eigenvalue weighted by Crippen LogP contribution is -2.57. The summed E-state index contributed by atoms with van der Waals surface area (Å²) in [6, 6.07) is 0. The number of rotatable bonds is 8. The number of nitrogens with one attached hydrogen (secondary N) is 1. The molecule has 0 aromatic carbocycles. The van der Waals surface area contributed by atoms with E-state index in [0.717, 1.165) is 38.8 Å². The topological polar surface area (TPSA) is 24.5 Å². The summed E-state index contributed by atoms with van der Waals surface area (Å²) < 4.78 is 5.65. The van der Waals surface area contributed by atoms with Crippen molar-refractivity contribution in [2.45, 2.75) is 59.9 Å². The Morgan fingerprint density at radius 3 is 2.40 bits per heavy atom. The van der Waals surface area contributed by atoms with E-state index in [4.69, 9.17) is 4.74 Å². The monoisotopic (exact) mass is 284 g/mol. The van der Waals surface area contributed by atoms with E-state index in [1.807, 2.05) is 0 Å². The summed E-state index contributed by atoms with van der Waals surface area (Å²) in [6.07, 6.45) is 2.48. The summed E-state index contributed by atoms with van der Waals surface area (Å²) in [6.45, 7) is 20.1. The normalized spacial score (nSPS) is 20.6. The Hall–Kier alpha value is -0.120. The van der Waals surface area contributed by atoms with E-state index < -0.39 is 0 Å². The Balaban J connectivity index is 2.64. The fourth-order valence-corrected chi connectivity index (χ4v) is 2.99. The second-order valence-electron chi connectivity index (χ2n) is 7.52. The number of morpholine rings is 1. The van der Waals surface area contributed by atoms with E-state index in [1.165, 1.54) is 19.4 Å². The maximum Gasteiger partial charge on any atom is 0.0645 e. The predicted octanol–water partition coefficient (Wildman–Crippen LogP) is 3.15. The van der Waals surface area contributed by atoms with Gasteiger partial charge in [0.05, 0.1) is 13.2 Å². The first-order valence-corrected chi connectivity index (χ1v) is 8.39. The smallest absolute Gasteiger partial charge is 0.0645 e. The molecule has 0 unspecified atom stereocenters. The van der Waals surface area contributed by atoms with Crippen molar-refractivity contribution < 1.29 is 4.74 Å². The van der Waals surface area contributed by atoms with Crippen LogP contribution < -0.4 is 5.32 Å². The molecule has 0 saturated carbocycles. The van der Waals surface area contributed by atoms with Crippen LogP contribution in [0.1, 0.15) is 54.4 Å². The van der Waals surface area contributed by atoms with Crippen LogP contribution in [0.15, 0.2) is 0 Å². The molecule has 0 spiro atoms. The van der Waals surface area contributed by atoms with Crippen molar-refractivity contribution >= 4 is 0 Å². The largest absolute Gasteiger partial charge is 0.378 e. The van der Waals surface area contributed by atoms with E-state index in [9.17, 15) is 0 Å². The first-order chi connectivity index (χ1) is 9.35. The minimum absolute atomic E-state index is 0.173. The van der Waals surface area contributed by atoms with Crippen LogP contribution in [0.2, 0.25) is 0 Å². The lowest BCUT2D eigenvalue weighted by Gasteiger charge is -2.47.